The minimum absolute atomic E-state index is 0.0509. The molecule has 2 heterocycles. The van der Waals surface area contributed by atoms with Crippen LogP contribution in [0.25, 0.3) is 0 Å². The number of carbonyl (C=O) groups is 2. The average molecular weight is 325 g/mol. The predicted octanol–water partition coefficient (Wildman–Crippen LogP) is 2.40. The largest absolute Gasteiger partial charge is 0.354 e. The molecule has 3 rings (SSSR count). The highest BCUT2D eigenvalue weighted by Crippen LogP contribution is 2.21. The van der Waals surface area contributed by atoms with E-state index in [4.69, 9.17) is 0 Å². The summed E-state index contributed by atoms with van der Waals surface area (Å²) in [5, 5.41) is 2.95. The van der Waals surface area contributed by atoms with Crippen molar-refractivity contribution in [3.63, 3.8) is 0 Å². The molecule has 0 spiro atoms. The predicted molar refractivity (Wildman–Crippen MR) is 93.6 cm³/mol. The molecule has 2 amide bonds. The van der Waals surface area contributed by atoms with E-state index in [2.05, 4.69) is 5.32 Å². The van der Waals surface area contributed by atoms with E-state index < -0.39 is 0 Å². The second-order valence-corrected chi connectivity index (χ2v) is 6.20. The van der Waals surface area contributed by atoms with E-state index in [0.29, 0.717) is 19.4 Å². The van der Waals surface area contributed by atoms with Crippen molar-refractivity contribution in [1.82, 2.24) is 9.88 Å². The van der Waals surface area contributed by atoms with E-state index in [1.807, 2.05) is 59.1 Å². The summed E-state index contributed by atoms with van der Waals surface area (Å²) in [6.07, 6.45) is 4.78. The Labute approximate surface area is 142 Å². The fourth-order valence-corrected chi connectivity index (χ4v) is 3.00. The summed E-state index contributed by atoms with van der Waals surface area (Å²) in [6, 6.07) is 11.9. The van der Waals surface area contributed by atoms with Crippen LogP contribution >= 0.6 is 0 Å². The summed E-state index contributed by atoms with van der Waals surface area (Å²) in [5.41, 5.74) is 3.14. The third-order valence-electron chi connectivity index (χ3n) is 4.47. The summed E-state index contributed by atoms with van der Waals surface area (Å²) >= 11 is 0. The maximum Gasteiger partial charge on any atom is 0.227 e. The minimum atomic E-state index is 0.0509. The number of amides is 2. The van der Waals surface area contributed by atoms with Crippen molar-refractivity contribution in [1.29, 1.82) is 0 Å². The summed E-state index contributed by atoms with van der Waals surface area (Å²) in [7, 11) is 1.99. The number of benzene rings is 1. The lowest BCUT2D eigenvalue weighted by Gasteiger charge is -2.16. The number of aromatic nitrogens is 1. The van der Waals surface area contributed by atoms with Gasteiger partial charge >= 0.3 is 0 Å². The first-order chi connectivity index (χ1) is 11.6. The van der Waals surface area contributed by atoms with Gasteiger partial charge in [0.05, 0.1) is 0 Å². The molecule has 5 heteroatoms. The Kier molecular flexibility index (Phi) is 4.99. The average Bonchev–Trinajstić information content (AvgIpc) is 3.20. The van der Waals surface area contributed by atoms with Gasteiger partial charge in [0.15, 0.2) is 0 Å². The van der Waals surface area contributed by atoms with Crippen molar-refractivity contribution in [2.75, 3.05) is 11.4 Å². The SMILES string of the molecule is Cn1cccc1CCC(=O)NCc1ccc(N2CCCC2=O)cc1. The number of hydrogen-bond acceptors (Lipinski definition) is 2. The molecule has 1 aliphatic rings. The van der Waals surface area contributed by atoms with Crippen LogP contribution in [0.2, 0.25) is 0 Å². The summed E-state index contributed by atoms with van der Waals surface area (Å²) < 4.78 is 2.03. The Balaban J connectivity index is 1.47. The lowest BCUT2D eigenvalue weighted by Crippen LogP contribution is -2.24. The quantitative estimate of drug-likeness (QED) is 0.887. The molecule has 1 aromatic carbocycles. The number of nitrogens with zero attached hydrogens (tertiary/aromatic N) is 2. The standard InChI is InChI=1S/C19H23N3O2/c1-21-12-2-4-16(21)10-11-18(23)20-14-15-6-8-17(9-7-15)22-13-3-5-19(22)24/h2,4,6-9,12H,3,5,10-11,13-14H2,1H3,(H,20,23). The van der Waals surface area contributed by atoms with Crippen LogP contribution < -0.4 is 10.2 Å². The van der Waals surface area contributed by atoms with Gasteiger partial charge in [-0.2, -0.15) is 0 Å². The molecule has 1 aromatic heterocycles. The van der Waals surface area contributed by atoms with Gasteiger partial charge in [0.2, 0.25) is 11.8 Å². The van der Waals surface area contributed by atoms with Gasteiger partial charge < -0.3 is 14.8 Å². The molecule has 1 saturated heterocycles. The number of carbonyl (C=O) groups excluding carboxylic acids is 2. The van der Waals surface area contributed by atoms with Gasteiger partial charge in [-0.25, -0.2) is 0 Å². The Hall–Kier alpha value is -2.56. The second kappa shape index (κ2) is 7.34. The molecule has 24 heavy (non-hydrogen) atoms. The fraction of sp³-hybridized carbons (Fsp3) is 0.368. The summed E-state index contributed by atoms with van der Waals surface area (Å²) in [5.74, 6) is 0.242. The third-order valence-corrected chi connectivity index (χ3v) is 4.47. The van der Waals surface area contributed by atoms with Gasteiger partial charge in [0, 0.05) is 50.6 Å². The number of nitrogens with one attached hydrogen (secondary N) is 1. The van der Waals surface area contributed by atoms with Gasteiger partial charge in [-0.05, 0) is 42.7 Å². The van der Waals surface area contributed by atoms with Crippen LogP contribution in [0, 0.1) is 0 Å². The van der Waals surface area contributed by atoms with Gasteiger partial charge in [-0.1, -0.05) is 12.1 Å². The van der Waals surface area contributed by atoms with Gasteiger partial charge in [-0.3, -0.25) is 9.59 Å². The van der Waals surface area contributed by atoms with E-state index in [1.54, 1.807) is 0 Å². The van der Waals surface area contributed by atoms with Gasteiger partial charge in [0.1, 0.15) is 0 Å². The first-order valence-electron chi connectivity index (χ1n) is 8.40. The van der Waals surface area contributed by atoms with Crippen molar-refractivity contribution in [2.24, 2.45) is 7.05 Å². The lowest BCUT2D eigenvalue weighted by molar-refractivity contribution is -0.121. The number of hydrogen-bond donors (Lipinski definition) is 1. The molecule has 1 fully saturated rings. The molecule has 0 saturated carbocycles. The topological polar surface area (TPSA) is 54.3 Å². The molecular formula is C19H23N3O2. The number of anilines is 1. The lowest BCUT2D eigenvalue weighted by atomic mass is 10.2. The molecule has 0 radical (unpaired) electrons. The van der Waals surface area contributed by atoms with Crippen LogP contribution in [0.15, 0.2) is 42.6 Å². The Bertz CT molecular complexity index is 718. The molecule has 126 valence electrons. The molecular weight excluding hydrogens is 302 g/mol. The van der Waals surface area contributed by atoms with E-state index in [9.17, 15) is 9.59 Å². The van der Waals surface area contributed by atoms with Crippen molar-refractivity contribution >= 4 is 17.5 Å². The maximum absolute atomic E-state index is 12.0. The zero-order chi connectivity index (χ0) is 16.9. The fourth-order valence-electron chi connectivity index (χ4n) is 3.00. The van der Waals surface area contributed by atoms with Crippen LogP contribution in [0.1, 0.15) is 30.5 Å². The van der Waals surface area contributed by atoms with E-state index in [-0.39, 0.29) is 11.8 Å². The molecule has 2 aromatic rings. The smallest absolute Gasteiger partial charge is 0.227 e. The third kappa shape index (κ3) is 3.85. The van der Waals surface area contributed by atoms with Crippen molar-refractivity contribution in [3.05, 3.63) is 53.9 Å². The van der Waals surface area contributed by atoms with Crippen molar-refractivity contribution in [3.8, 4) is 0 Å². The van der Waals surface area contributed by atoms with Gasteiger partial charge in [0.25, 0.3) is 0 Å². The first-order valence-corrected chi connectivity index (χ1v) is 8.40. The Morgan fingerprint density at radius 2 is 2.00 bits per heavy atom. The minimum Gasteiger partial charge on any atom is -0.354 e. The van der Waals surface area contributed by atoms with Crippen molar-refractivity contribution in [2.45, 2.75) is 32.2 Å². The van der Waals surface area contributed by atoms with Crippen LogP contribution in [-0.4, -0.2) is 22.9 Å². The Morgan fingerprint density at radius 3 is 2.62 bits per heavy atom. The zero-order valence-electron chi connectivity index (χ0n) is 14.0. The molecule has 0 bridgehead atoms. The summed E-state index contributed by atoms with van der Waals surface area (Å²) in [4.78, 5) is 25.5. The highest BCUT2D eigenvalue weighted by molar-refractivity contribution is 5.95. The van der Waals surface area contributed by atoms with Gasteiger partial charge in [-0.15, -0.1) is 0 Å². The van der Waals surface area contributed by atoms with Crippen LogP contribution in [-0.2, 0) is 29.6 Å². The molecule has 1 aliphatic heterocycles. The Morgan fingerprint density at radius 1 is 1.21 bits per heavy atom. The first kappa shape index (κ1) is 16.3. The van der Waals surface area contributed by atoms with E-state index in [1.165, 1.54) is 0 Å². The molecule has 5 nitrogen and oxygen atoms in total. The zero-order valence-corrected chi connectivity index (χ0v) is 14.0. The maximum atomic E-state index is 12.0. The molecule has 1 N–H and O–H groups in total. The highest BCUT2D eigenvalue weighted by Gasteiger charge is 2.21. The highest BCUT2D eigenvalue weighted by atomic mass is 16.2. The monoisotopic (exact) mass is 325 g/mol. The second-order valence-electron chi connectivity index (χ2n) is 6.20. The van der Waals surface area contributed by atoms with Crippen LogP contribution in [0.4, 0.5) is 5.69 Å². The number of aryl methyl sites for hydroxylation is 2. The molecule has 0 atom stereocenters. The van der Waals surface area contributed by atoms with Crippen LogP contribution in [0.3, 0.4) is 0 Å². The molecule has 0 unspecified atom stereocenters. The number of rotatable bonds is 6. The van der Waals surface area contributed by atoms with Crippen LogP contribution in [0.5, 0.6) is 0 Å². The summed E-state index contributed by atoms with van der Waals surface area (Å²) in [6.45, 7) is 1.31. The molecule has 0 aliphatic carbocycles. The normalized spacial score (nSPS) is 14.2. The van der Waals surface area contributed by atoms with E-state index in [0.717, 1.165) is 36.3 Å². The van der Waals surface area contributed by atoms with Crippen molar-refractivity contribution < 1.29 is 9.59 Å². The van der Waals surface area contributed by atoms with E-state index >= 15 is 0 Å².